The maximum Gasteiger partial charge on any atom is 0.0840 e. The van der Waals surface area contributed by atoms with Gasteiger partial charge in [-0.1, -0.05) is 36.4 Å². The number of aromatic nitrogens is 1. The highest BCUT2D eigenvalue weighted by Crippen LogP contribution is 2.38. The Kier molecular flexibility index (Phi) is 1.63. The third-order valence-electron chi connectivity index (χ3n) is 3.12. The van der Waals surface area contributed by atoms with Crippen molar-refractivity contribution in [2.45, 2.75) is 0 Å². The van der Waals surface area contributed by atoms with Gasteiger partial charge in [-0.25, -0.2) is 0 Å². The van der Waals surface area contributed by atoms with Gasteiger partial charge in [-0.15, -0.1) is 11.3 Å². The van der Waals surface area contributed by atoms with Crippen LogP contribution in [0.1, 0.15) is 5.48 Å². The number of pyridine rings is 1. The maximum absolute atomic E-state index is 8.16. The second kappa shape index (κ2) is 4.18. The van der Waals surface area contributed by atoms with E-state index < -0.39 is 0 Å². The van der Waals surface area contributed by atoms with Crippen LogP contribution in [0.2, 0.25) is 0 Å². The summed E-state index contributed by atoms with van der Waals surface area (Å²) in [4.78, 5) is 4.12. The van der Waals surface area contributed by atoms with Crippen molar-refractivity contribution >= 4 is 31.5 Å². The van der Waals surface area contributed by atoms with Gasteiger partial charge in [-0.3, -0.25) is 4.98 Å². The van der Waals surface area contributed by atoms with E-state index in [0.717, 1.165) is 25.7 Å². The zero-order chi connectivity index (χ0) is 16.1. The third-order valence-corrected chi connectivity index (χ3v) is 4.26. The second-order valence-electron chi connectivity index (χ2n) is 4.22. The van der Waals surface area contributed by atoms with Crippen LogP contribution in [-0.4, -0.2) is 4.98 Å². The van der Waals surface area contributed by atoms with Crippen LogP contribution in [0.5, 0.6) is 0 Å². The lowest BCUT2D eigenvalue weighted by molar-refractivity contribution is 1.33. The summed E-state index contributed by atoms with van der Waals surface area (Å²) in [5.41, 5.74) is 1.04. The van der Waals surface area contributed by atoms with Crippen molar-refractivity contribution in [1.29, 1.82) is 0 Å². The van der Waals surface area contributed by atoms with Gasteiger partial charge in [0.25, 0.3) is 0 Å². The maximum atomic E-state index is 8.16. The van der Waals surface area contributed by atoms with E-state index in [9.17, 15) is 0 Å². The van der Waals surface area contributed by atoms with Gasteiger partial charge < -0.3 is 0 Å². The first-order valence-corrected chi connectivity index (χ1v) is 6.74. The minimum atomic E-state index is -0.305. The predicted octanol–water partition coefficient (Wildman–Crippen LogP) is 5.12. The molecular formula is C17H11NS. The molecule has 2 heteroatoms. The topological polar surface area (TPSA) is 12.9 Å². The lowest BCUT2D eigenvalue weighted by Crippen LogP contribution is -1.82. The Morgan fingerprint density at radius 3 is 2.84 bits per heavy atom. The number of nitrogens with zero attached hydrogens (tertiary/aromatic N) is 1. The van der Waals surface area contributed by atoms with Crippen molar-refractivity contribution in [3.05, 3.63) is 66.8 Å². The molecule has 0 N–H and O–H groups in total. The van der Waals surface area contributed by atoms with Gasteiger partial charge in [0, 0.05) is 31.9 Å². The Balaban J connectivity index is 2.15. The first-order chi connectivity index (χ1) is 11.1. The van der Waals surface area contributed by atoms with E-state index in [4.69, 9.17) is 5.48 Å². The molecule has 19 heavy (non-hydrogen) atoms. The number of hydrogen-bond donors (Lipinski definition) is 0. The monoisotopic (exact) mass is 265 g/mol. The number of rotatable bonds is 1. The highest BCUT2D eigenvalue weighted by molar-refractivity contribution is 7.25. The van der Waals surface area contributed by atoms with Gasteiger partial charge in [0.1, 0.15) is 0 Å². The van der Waals surface area contributed by atoms with Gasteiger partial charge in [-0.05, 0) is 24.2 Å². The molecule has 0 spiro atoms. The molecule has 0 atom stereocenters. The molecule has 2 heterocycles. The molecule has 0 saturated carbocycles. The Morgan fingerprint density at radius 2 is 1.84 bits per heavy atom. The summed E-state index contributed by atoms with van der Waals surface area (Å²) >= 11 is 1.67. The summed E-state index contributed by atoms with van der Waals surface area (Å²) in [6.45, 7) is 0. The Morgan fingerprint density at radius 1 is 0.947 bits per heavy atom. The van der Waals surface area contributed by atoms with Crippen LogP contribution in [0.4, 0.5) is 0 Å². The van der Waals surface area contributed by atoms with Crippen LogP contribution in [-0.2, 0) is 0 Å². The van der Waals surface area contributed by atoms with Gasteiger partial charge >= 0.3 is 0 Å². The highest BCUT2D eigenvalue weighted by atomic mass is 32.1. The predicted molar refractivity (Wildman–Crippen MR) is 82.6 cm³/mol. The summed E-state index contributed by atoms with van der Waals surface area (Å²) in [5.74, 6) is 0. The molecule has 90 valence electrons. The summed E-state index contributed by atoms with van der Waals surface area (Å²) in [5, 5.41) is 2.07. The Labute approximate surface area is 120 Å². The van der Waals surface area contributed by atoms with Gasteiger partial charge in [-0.2, -0.15) is 0 Å². The lowest BCUT2D eigenvalue weighted by atomic mass is 10.0. The lowest BCUT2D eigenvalue weighted by Gasteiger charge is -2.03. The largest absolute Gasteiger partial charge is 0.256 e. The van der Waals surface area contributed by atoms with Crippen LogP contribution >= 0.6 is 11.3 Å². The number of benzene rings is 2. The van der Waals surface area contributed by atoms with E-state index in [1.807, 2.05) is 36.4 Å². The molecule has 0 aliphatic carbocycles. The molecule has 0 unspecified atom stereocenters. The second-order valence-corrected chi connectivity index (χ2v) is 5.31. The molecule has 2 aromatic heterocycles. The fraction of sp³-hybridized carbons (Fsp3) is 0. The van der Waals surface area contributed by atoms with E-state index >= 15 is 0 Å². The smallest absolute Gasteiger partial charge is 0.0840 e. The quantitative estimate of drug-likeness (QED) is 0.465. The van der Waals surface area contributed by atoms with Crippen molar-refractivity contribution in [3.8, 4) is 11.3 Å². The van der Waals surface area contributed by atoms with Gasteiger partial charge in [0.15, 0.2) is 0 Å². The average Bonchev–Trinajstić information content (AvgIpc) is 2.95. The molecule has 1 nitrogen and oxygen atoms in total. The zero-order valence-electron chi connectivity index (χ0n) is 13.9. The Hall–Kier alpha value is -2.19. The van der Waals surface area contributed by atoms with Crippen molar-refractivity contribution in [1.82, 2.24) is 4.98 Å². The molecule has 0 radical (unpaired) electrons. The number of hydrogen-bond acceptors (Lipinski definition) is 2. The Bertz CT molecular complexity index is 1070. The van der Waals surface area contributed by atoms with Crippen LogP contribution in [0.15, 0.2) is 66.8 Å². The number of fused-ring (bicyclic) bond motifs is 3. The van der Waals surface area contributed by atoms with Crippen LogP contribution in [0.25, 0.3) is 31.4 Å². The third kappa shape index (κ3) is 1.65. The minimum absolute atomic E-state index is 0.103. The van der Waals surface area contributed by atoms with E-state index in [0.29, 0.717) is 5.69 Å². The van der Waals surface area contributed by atoms with Gasteiger partial charge in [0.2, 0.25) is 0 Å². The molecule has 0 saturated heterocycles. The van der Waals surface area contributed by atoms with Crippen LogP contribution < -0.4 is 0 Å². The summed E-state index contributed by atoms with van der Waals surface area (Å²) in [6.07, 6.45) is -0.266. The fourth-order valence-corrected chi connectivity index (χ4v) is 3.46. The molecular weight excluding hydrogens is 250 g/mol. The number of thiophene rings is 1. The SMILES string of the molecule is [2H]c1nc(-c2cccc3sc4ccccc4c23)c([2H])c([2H])c1[2H]. The minimum Gasteiger partial charge on any atom is -0.256 e. The van der Waals surface area contributed by atoms with Crippen LogP contribution in [0, 0.1) is 0 Å². The fourth-order valence-electron chi connectivity index (χ4n) is 2.33. The highest BCUT2D eigenvalue weighted by Gasteiger charge is 2.10. The molecule has 4 rings (SSSR count). The first kappa shape index (κ1) is 7.41. The average molecular weight is 265 g/mol. The summed E-state index contributed by atoms with van der Waals surface area (Å²) in [7, 11) is 0. The molecule has 0 fully saturated rings. The zero-order valence-corrected chi connectivity index (χ0v) is 10.7. The molecule has 0 aliphatic heterocycles. The van der Waals surface area contributed by atoms with Crippen molar-refractivity contribution in [3.63, 3.8) is 0 Å². The van der Waals surface area contributed by atoms with Crippen molar-refractivity contribution in [2.24, 2.45) is 0 Å². The van der Waals surface area contributed by atoms with E-state index in [2.05, 4.69) is 11.1 Å². The summed E-state index contributed by atoms with van der Waals surface area (Å²) < 4.78 is 33.7. The first-order valence-electron chi connectivity index (χ1n) is 7.93. The molecule has 0 bridgehead atoms. The molecule has 0 amide bonds. The van der Waals surface area contributed by atoms with Gasteiger partial charge in [0.05, 0.1) is 11.2 Å². The van der Waals surface area contributed by atoms with E-state index in [-0.39, 0.29) is 24.3 Å². The molecule has 2 aromatic carbocycles. The van der Waals surface area contributed by atoms with Crippen molar-refractivity contribution in [2.75, 3.05) is 0 Å². The molecule has 0 aliphatic rings. The summed E-state index contributed by atoms with van der Waals surface area (Å²) in [6, 6.07) is 13.2. The van der Waals surface area contributed by atoms with Crippen LogP contribution in [0.3, 0.4) is 0 Å². The standard InChI is InChI=1S/C17H11NS/c1-2-9-15-13(6-1)17-12(7-5-10-16(17)19-15)14-8-3-4-11-18-14/h1-11H/i3D,4D,8D,11D. The van der Waals surface area contributed by atoms with E-state index in [1.54, 1.807) is 11.3 Å². The van der Waals surface area contributed by atoms with E-state index in [1.165, 1.54) is 0 Å². The van der Waals surface area contributed by atoms with Crippen molar-refractivity contribution < 1.29 is 5.48 Å². The normalized spacial score (nSPS) is 14.1. The molecule has 4 aromatic rings.